The maximum Gasteiger partial charge on any atom is -0.0162 e. The summed E-state index contributed by atoms with van der Waals surface area (Å²) in [6.45, 7) is 4.75. The van der Waals surface area contributed by atoms with E-state index >= 15 is 0 Å². The summed E-state index contributed by atoms with van der Waals surface area (Å²) in [7, 11) is 0. The first-order chi connectivity index (χ1) is 13.7. The van der Waals surface area contributed by atoms with Crippen LogP contribution >= 0.6 is 0 Å². The molecule has 28 heavy (non-hydrogen) atoms. The van der Waals surface area contributed by atoms with E-state index in [-0.39, 0.29) is 0 Å². The molecule has 0 unspecified atom stereocenters. The first-order valence-electron chi connectivity index (χ1n) is 12.2. The Morgan fingerprint density at radius 3 is 2.04 bits per heavy atom. The van der Waals surface area contributed by atoms with Gasteiger partial charge in [-0.25, -0.2) is 0 Å². The van der Waals surface area contributed by atoms with E-state index in [1.165, 1.54) is 82.6 Å². The van der Waals surface area contributed by atoms with Crippen LogP contribution in [-0.4, -0.2) is 0 Å². The Morgan fingerprint density at radius 2 is 1.43 bits per heavy atom. The molecule has 0 bridgehead atoms. The van der Waals surface area contributed by atoms with Crippen LogP contribution in [0.15, 0.2) is 42.0 Å². The van der Waals surface area contributed by atoms with Gasteiger partial charge in [0.2, 0.25) is 0 Å². The summed E-state index contributed by atoms with van der Waals surface area (Å²) in [4.78, 5) is 0. The molecule has 0 atom stereocenters. The molecule has 0 spiro atoms. The van der Waals surface area contributed by atoms with Gasteiger partial charge in [-0.1, -0.05) is 81.5 Å². The quantitative estimate of drug-likeness (QED) is 0.482. The molecule has 152 valence electrons. The predicted octanol–water partition coefficient (Wildman–Crippen LogP) is 8.69. The van der Waals surface area contributed by atoms with E-state index in [9.17, 15) is 0 Å². The third-order valence-corrected chi connectivity index (χ3v) is 8.02. The van der Waals surface area contributed by atoms with Crippen LogP contribution in [0.4, 0.5) is 0 Å². The van der Waals surface area contributed by atoms with Crippen LogP contribution in [-0.2, 0) is 0 Å². The number of allylic oxidation sites excluding steroid dienone is 4. The molecule has 1 aromatic rings. The predicted molar refractivity (Wildman–Crippen MR) is 122 cm³/mol. The first-order valence-corrected chi connectivity index (χ1v) is 12.2. The number of hydrogen-bond donors (Lipinski definition) is 0. The van der Waals surface area contributed by atoms with E-state index < -0.39 is 0 Å². The molecule has 0 nitrogen and oxygen atoms in total. The van der Waals surface area contributed by atoms with E-state index in [1.807, 2.05) is 0 Å². The molecule has 0 heterocycles. The smallest absolute Gasteiger partial charge is 0.0162 e. The summed E-state index contributed by atoms with van der Waals surface area (Å²) < 4.78 is 0. The molecule has 2 saturated carbocycles. The average molecular weight is 377 g/mol. The first kappa shape index (κ1) is 20.0. The second-order valence-electron chi connectivity index (χ2n) is 10.0. The van der Waals surface area contributed by atoms with Gasteiger partial charge >= 0.3 is 0 Å². The van der Waals surface area contributed by atoms with Crippen molar-refractivity contribution >= 4 is 5.57 Å². The highest BCUT2D eigenvalue weighted by Crippen LogP contribution is 2.40. The molecule has 0 aromatic heterocycles. The molecule has 0 radical (unpaired) electrons. The molecule has 2 fully saturated rings. The van der Waals surface area contributed by atoms with Gasteiger partial charge in [0.15, 0.2) is 0 Å². The Hall–Kier alpha value is -1.30. The fraction of sp³-hybridized carbons (Fsp3) is 0.643. The topological polar surface area (TPSA) is 0 Å². The maximum absolute atomic E-state index is 2.47. The molecule has 0 saturated heterocycles. The lowest BCUT2D eigenvalue weighted by Gasteiger charge is -2.30. The van der Waals surface area contributed by atoms with Crippen molar-refractivity contribution in [3.05, 3.63) is 53.1 Å². The van der Waals surface area contributed by atoms with Gasteiger partial charge in [-0.15, -0.1) is 0 Å². The molecule has 3 aliphatic rings. The van der Waals surface area contributed by atoms with E-state index in [2.05, 4.69) is 50.3 Å². The summed E-state index contributed by atoms with van der Waals surface area (Å²) in [5.41, 5.74) is 6.32. The van der Waals surface area contributed by atoms with Crippen LogP contribution in [0.2, 0.25) is 0 Å². The third kappa shape index (κ3) is 4.81. The van der Waals surface area contributed by atoms with Gasteiger partial charge in [-0.2, -0.15) is 0 Å². The van der Waals surface area contributed by atoms with Gasteiger partial charge in [-0.05, 0) is 91.7 Å². The van der Waals surface area contributed by atoms with E-state index in [0.29, 0.717) is 0 Å². The lowest BCUT2D eigenvalue weighted by molar-refractivity contribution is 0.308. The highest BCUT2D eigenvalue weighted by molar-refractivity contribution is 5.69. The average Bonchev–Trinajstić information content (AvgIpc) is 2.75. The van der Waals surface area contributed by atoms with Gasteiger partial charge < -0.3 is 0 Å². The monoisotopic (exact) mass is 376 g/mol. The van der Waals surface area contributed by atoms with Crippen molar-refractivity contribution in [2.45, 2.75) is 96.8 Å². The molecule has 0 N–H and O–H groups in total. The molecular formula is C28H40. The van der Waals surface area contributed by atoms with Gasteiger partial charge in [0.05, 0.1) is 0 Å². The summed E-state index contributed by atoms with van der Waals surface area (Å²) in [5, 5.41) is 0. The molecule has 4 rings (SSSR count). The van der Waals surface area contributed by atoms with Crippen LogP contribution in [0.5, 0.6) is 0 Å². The Morgan fingerprint density at radius 1 is 0.750 bits per heavy atom. The Bertz CT molecular complexity index is 673. The van der Waals surface area contributed by atoms with E-state index in [0.717, 1.165) is 23.7 Å². The minimum Gasteiger partial charge on any atom is -0.0668 e. The number of hydrogen-bond acceptors (Lipinski definition) is 0. The second-order valence-corrected chi connectivity index (χ2v) is 10.0. The van der Waals surface area contributed by atoms with E-state index in [4.69, 9.17) is 0 Å². The summed E-state index contributed by atoms with van der Waals surface area (Å²) in [5.74, 6) is 3.63. The fourth-order valence-electron chi connectivity index (χ4n) is 6.03. The molecule has 0 aliphatic heterocycles. The standard InChI is InChI=1S/C28H40/c1-3-4-22-7-11-24(12-8-22)26-15-19-28(20-16-26)27-17-13-25(14-18-27)23-9-5-21(2)6-10-23/h13,15-17,19-24H,3-12,14,18H2,1-2H3. The molecular weight excluding hydrogens is 336 g/mol. The zero-order valence-corrected chi connectivity index (χ0v) is 18.3. The normalized spacial score (nSPS) is 31.2. The molecule has 3 aliphatic carbocycles. The van der Waals surface area contributed by atoms with Crippen LogP contribution in [0.25, 0.3) is 5.57 Å². The number of rotatable bonds is 5. The second kappa shape index (κ2) is 9.47. The van der Waals surface area contributed by atoms with Crippen molar-refractivity contribution in [2.75, 3.05) is 0 Å². The highest BCUT2D eigenvalue weighted by atomic mass is 14.3. The molecule has 0 amide bonds. The zero-order chi connectivity index (χ0) is 19.3. The number of benzene rings is 1. The summed E-state index contributed by atoms with van der Waals surface area (Å²) >= 11 is 0. The lowest BCUT2D eigenvalue weighted by atomic mass is 9.76. The van der Waals surface area contributed by atoms with Crippen molar-refractivity contribution < 1.29 is 0 Å². The molecule has 0 heteroatoms. The Labute approximate surface area is 173 Å². The van der Waals surface area contributed by atoms with Crippen molar-refractivity contribution in [2.24, 2.45) is 17.8 Å². The SMILES string of the molecule is CCCC1CCC(c2ccc(C3=CC=C(C4CCC(C)CC4)CC3)cc2)CC1. The van der Waals surface area contributed by atoms with Crippen molar-refractivity contribution in [1.82, 2.24) is 0 Å². The largest absolute Gasteiger partial charge is 0.0668 e. The van der Waals surface area contributed by atoms with E-state index in [1.54, 1.807) is 16.7 Å². The van der Waals surface area contributed by atoms with Crippen LogP contribution < -0.4 is 0 Å². The highest BCUT2D eigenvalue weighted by Gasteiger charge is 2.23. The van der Waals surface area contributed by atoms with Crippen molar-refractivity contribution in [1.29, 1.82) is 0 Å². The van der Waals surface area contributed by atoms with Gasteiger partial charge in [-0.3, -0.25) is 0 Å². The fourth-order valence-corrected chi connectivity index (χ4v) is 6.03. The Kier molecular flexibility index (Phi) is 6.76. The minimum atomic E-state index is 0.808. The zero-order valence-electron chi connectivity index (χ0n) is 18.3. The van der Waals surface area contributed by atoms with Gasteiger partial charge in [0.25, 0.3) is 0 Å². The van der Waals surface area contributed by atoms with Gasteiger partial charge in [0.1, 0.15) is 0 Å². The summed E-state index contributed by atoms with van der Waals surface area (Å²) in [6.07, 6.45) is 21.6. The van der Waals surface area contributed by atoms with Crippen LogP contribution in [0.3, 0.4) is 0 Å². The van der Waals surface area contributed by atoms with Crippen molar-refractivity contribution in [3.63, 3.8) is 0 Å². The van der Waals surface area contributed by atoms with Crippen LogP contribution in [0, 0.1) is 17.8 Å². The molecule has 1 aromatic carbocycles. The summed E-state index contributed by atoms with van der Waals surface area (Å²) in [6, 6.07) is 9.67. The lowest BCUT2D eigenvalue weighted by Crippen LogP contribution is -2.15. The minimum absolute atomic E-state index is 0.808. The Balaban J connectivity index is 1.35. The third-order valence-electron chi connectivity index (χ3n) is 8.02. The van der Waals surface area contributed by atoms with Crippen molar-refractivity contribution in [3.8, 4) is 0 Å². The maximum atomic E-state index is 2.47. The van der Waals surface area contributed by atoms with Crippen LogP contribution in [0.1, 0.15) is 108 Å². The van der Waals surface area contributed by atoms with Gasteiger partial charge in [0, 0.05) is 0 Å².